The molecule has 180 valence electrons. The highest BCUT2D eigenvalue weighted by atomic mass is 32.2. The molecule has 10 heteroatoms. The molecule has 4 N–H and O–H groups in total. The summed E-state index contributed by atoms with van der Waals surface area (Å²) in [4.78, 5) is 29.6. The Hall–Kier alpha value is -4.18. The lowest BCUT2D eigenvalue weighted by Gasteiger charge is -2.14. The Morgan fingerprint density at radius 2 is 1.80 bits per heavy atom. The van der Waals surface area contributed by atoms with Crippen molar-refractivity contribution in [2.75, 3.05) is 10.5 Å². The van der Waals surface area contributed by atoms with Gasteiger partial charge < -0.3 is 15.6 Å². The first kappa shape index (κ1) is 24.0. The first-order valence-corrected chi connectivity index (χ1v) is 12.5. The zero-order valence-electron chi connectivity index (χ0n) is 19.1. The number of pyridine rings is 2. The van der Waals surface area contributed by atoms with Crippen molar-refractivity contribution in [1.82, 2.24) is 14.9 Å². The second-order valence-corrected chi connectivity index (χ2v) is 9.88. The molecule has 0 aliphatic heterocycles. The molecule has 2 aromatic heterocycles. The minimum atomic E-state index is -3.81. The van der Waals surface area contributed by atoms with E-state index in [2.05, 4.69) is 15.0 Å². The molecule has 4 aromatic rings. The third-order valence-corrected chi connectivity index (χ3v) is 6.75. The maximum absolute atomic E-state index is 12.9. The van der Waals surface area contributed by atoms with E-state index in [1.54, 1.807) is 49.5 Å². The second-order valence-electron chi connectivity index (χ2n) is 8.15. The topological polar surface area (TPSA) is 136 Å². The molecule has 35 heavy (non-hydrogen) atoms. The molecule has 0 saturated heterocycles. The second kappa shape index (κ2) is 9.98. The van der Waals surface area contributed by atoms with Crippen LogP contribution in [0.3, 0.4) is 0 Å². The van der Waals surface area contributed by atoms with Gasteiger partial charge in [-0.15, -0.1) is 0 Å². The summed E-state index contributed by atoms with van der Waals surface area (Å²) < 4.78 is 28.7. The maximum atomic E-state index is 12.9. The summed E-state index contributed by atoms with van der Waals surface area (Å²) in [5.41, 5.74) is 7.17. The van der Waals surface area contributed by atoms with Crippen LogP contribution in [-0.2, 0) is 33.7 Å². The van der Waals surface area contributed by atoms with Crippen LogP contribution in [-0.4, -0.2) is 23.9 Å². The normalized spacial score (nSPS) is 11.3. The number of benzene rings is 2. The van der Waals surface area contributed by atoms with Gasteiger partial charge in [-0.1, -0.05) is 42.5 Å². The van der Waals surface area contributed by atoms with Gasteiger partial charge in [-0.2, -0.15) is 0 Å². The van der Waals surface area contributed by atoms with Crippen LogP contribution < -0.4 is 21.3 Å². The third-order valence-electron chi connectivity index (χ3n) is 5.51. The Kier molecular flexibility index (Phi) is 6.83. The quantitative estimate of drug-likeness (QED) is 0.347. The molecule has 2 heterocycles. The van der Waals surface area contributed by atoms with Gasteiger partial charge >= 0.3 is 0 Å². The van der Waals surface area contributed by atoms with E-state index in [1.165, 1.54) is 10.6 Å². The Morgan fingerprint density at radius 1 is 1.03 bits per heavy atom. The first-order valence-electron chi connectivity index (χ1n) is 10.9. The minimum Gasteiger partial charge on any atom is -0.383 e. The highest BCUT2D eigenvalue weighted by Crippen LogP contribution is 2.20. The van der Waals surface area contributed by atoms with Gasteiger partial charge in [0.05, 0.1) is 5.75 Å². The van der Waals surface area contributed by atoms with Crippen molar-refractivity contribution in [3.63, 3.8) is 0 Å². The van der Waals surface area contributed by atoms with Crippen LogP contribution in [0.2, 0.25) is 0 Å². The molecule has 0 unspecified atom stereocenters. The van der Waals surface area contributed by atoms with Crippen LogP contribution in [0.4, 0.5) is 11.5 Å². The largest absolute Gasteiger partial charge is 0.383 e. The van der Waals surface area contributed by atoms with E-state index in [1.807, 2.05) is 24.3 Å². The Labute approximate surface area is 202 Å². The number of amides is 1. The maximum Gasteiger partial charge on any atom is 0.275 e. The fraction of sp³-hybridized carbons (Fsp3) is 0.160. The standard InChI is InChI=1S/C25H25N5O4S/c1-17-7-10-22(29-35(33,34)16-18-5-3-2-4-6-18)25(32)30(17)15-23(31)28-14-19-8-9-21-20(13-19)11-12-27-24(21)26/h2-13,29H,14-16H2,1H3,(H2,26,27)(H,28,31). The summed E-state index contributed by atoms with van der Waals surface area (Å²) in [5, 5.41) is 4.54. The number of fused-ring (bicyclic) bond motifs is 1. The average Bonchev–Trinajstić information content (AvgIpc) is 2.82. The number of nitrogens with one attached hydrogen (secondary N) is 2. The number of carbonyl (C=O) groups excluding carboxylic acids is 1. The van der Waals surface area contributed by atoms with Gasteiger partial charge in [0.25, 0.3) is 5.56 Å². The number of aryl methyl sites for hydroxylation is 1. The molecule has 4 rings (SSSR count). The number of nitrogen functional groups attached to an aromatic ring is 1. The van der Waals surface area contributed by atoms with E-state index in [0.717, 1.165) is 16.3 Å². The van der Waals surface area contributed by atoms with E-state index in [4.69, 9.17) is 5.73 Å². The lowest BCUT2D eigenvalue weighted by atomic mass is 10.1. The molecule has 0 aliphatic carbocycles. The molecule has 0 radical (unpaired) electrons. The first-order chi connectivity index (χ1) is 16.7. The molecule has 0 atom stereocenters. The number of aromatic nitrogens is 2. The van der Waals surface area contributed by atoms with E-state index < -0.39 is 15.6 Å². The van der Waals surface area contributed by atoms with Crippen molar-refractivity contribution in [3.05, 3.63) is 100 Å². The Morgan fingerprint density at radius 3 is 2.57 bits per heavy atom. The highest BCUT2D eigenvalue weighted by Gasteiger charge is 2.16. The number of hydrogen-bond donors (Lipinski definition) is 3. The number of carbonyl (C=O) groups is 1. The SMILES string of the molecule is Cc1ccc(NS(=O)(=O)Cc2ccccc2)c(=O)n1CC(=O)NCc1ccc2c(N)nccc2c1. The smallest absolute Gasteiger partial charge is 0.275 e. The van der Waals surface area contributed by atoms with Gasteiger partial charge in [0, 0.05) is 23.8 Å². The monoisotopic (exact) mass is 491 g/mol. The molecule has 0 saturated carbocycles. The van der Waals surface area contributed by atoms with Crippen LogP contribution in [0, 0.1) is 6.92 Å². The van der Waals surface area contributed by atoms with E-state index in [9.17, 15) is 18.0 Å². The number of rotatable bonds is 8. The third kappa shape index (κ3) is 5.85. The predicted octanol–water partition coefficient (Wildman–Crippen LogP) is 2.55. The summed E-state index contributed by atoms with van der Waals surface area (Å²) in [6, 6.07) is 19.1. The van der Waals surface area contributed by atoms with E-state index in [0.29, 0.717) is 17.1 Å². The Balaban J connectivity index is 1.45. The summed E-state index contributed by atoms with van der Waals surface area (Å²) in [6.07, 6.45) is 1.62. The molecule has 2 aromatic carbocycles. The summed E-state index contributed by atoms with van der Waals surface area (Å²) >= 11 is 0. The van der Waals surface area contributed by atoms with Gasteiger partial charge in [-0.3, -0.25) is 14.3 Å². The lowest BCUT2D eigenvalue weighted by molar-refractivity contribution is -0.121. The summed E-state index contributed by atoms with van der Waals surface area (Å²) in [7, 11) is -3.81. The van der Waals surface area contributed by atoms with Gasteiger partial charge in [-0.05, 0) is 47.7 Å². The molecule has 0 spiro atoms. The van der Waals surface area contributed by atoms with Crippen LogP contribution in [0.25, 0.3) is 10.8 Å². The van der Waals surface area contributed by atoms with Crippen molar-refractivity contribution in [3.8, 4) is 0 Å². The summed E-state index contributed by atoms with van der Waals surface area (Å²) in [6.45, 7) is 1.69. The minimum absolute atomic E-state index is 0.111. The number of nitrogens with zero attached hydrogens (tertiary/aromatic N) is 2. The zero-order chi connectivity index (χ0) is 25.0. The van der Waals surface area contributed by atoms with Gasteiger partial charge in [-0.25, -0.2) is 13.4 Å². The van der Waals surface area contributed by atoms with Crippen molar-refractivity contribution in [1.29, 1.82) is 0 Å². The average molecular weight is 492 g/mol. The van der Waals surface area contributed by atoms with Crippen molar-refractivity contribution >= 4 is 38.2 Å². The number of nitrogens with two attached hydrogens (primary N) is 1. The van der Waals surface area contributed by atoms with Crippen molar-refractivity contribution < 1.29 is 13.2 Å². The highest BCUT2D eigenvalue weighted by molar-refractivity contribution is 7.91. The summed E-state index contributed by atoms with van der Waals surface area (Å²) in [5.74, 6) is -0.212. The van der Waals surface area contributed by atoms with Crippen LogP contribution in [0.15, 0.2) is 77.7 Å². The number of sulfonamides is 1. The molecule has 0 bridgehead atoms. The van der Waals surface area contributed by atoms with Crippen molar-refractivity contribution in [2.45, 2.75) is 25.8 Å². The van der Waals surface area contributed by atoms with Gasteiger partial charge in [0.15, 0.2) is 0 Å². The van der Waals surface area contributed by atoms with Gasteiger partial charge in [0.2, 0.25) is 15.9 Å². The fourth-order valence-corrected chi connectivity index (χ4v) is 4.90. The van der Waals surface area contributed by atoms with Gasteiger partial charge in [0.1, 0.15) is 18.1 Å². The van der Waals surface area contributed by atoms with E-state index in [-0.39, 0.29) is 30.4 Å². The van der Waals surface area contributed by atoms with Crippen LogP contribution in [0.5, 0.6) is 0 Å². The fourth-order valence-electron chi connectivity index (χ4n) is 3.70. The van der Waals surface area contributed by atoms with Crippen LogP contribution in [0.1, 0.15) is 16.8 Å². The lowest BCUT2D eigenvalue weighted by Crippen LogP contribution is -2.34. The number of hydrogen-bond acceptors (Lipinski definition) is 6. The molecule has 0 aliphatic rings. The molecular weight excluding hydrogens is 466 g/mol. The molecule has 1 amide bonds. The molecular formula is C25H25N5O4S. The molecule has 9 nitrogen and oxygen atoms in total. The van der Waals surface area contributed by atoms with E-state index >= 15 is 0 Å². The molecule has 0 fully saturated rings. The Bertz CT molecular complexity index is 1550. The number of anilines is 2. The zero-order valence-corrected chi connectivity index (χ0v) is 19.9. The van der Waals surface area contributed by atoms with Crippen LogP contribution >= 0.6 is 0 Å². The predicted molar refractivity (Wildman–Crippen MR) is 136 cm³/mol. The van der Waals surface area contributed by atoms with Crippen molar-refractivity contribution in [2.24, 2.45) is 0 Å².